The first-order chi connectivity index (χ1) is 13.0. The Kier molecular flexibility index (Phi) is 5.19. The van der Waals surface area contributed by atoms with Crippen molar-refractivity contribution < 1.29 is 4.79 Å². The van der Waals surface area contributed by atoms with E-state index in [-0.39, 0.29) is 11.3 Å². The molecule has 0 amide bonds. The van der Waals surface area contributed by atoms with Crippen LogP contribution in [0.25, 0.3) is 15.9 Å². The molecule has 3 aromatic rings. The van der Waals surface area contributed by atoms with Crippen molar-refractivity contribution in [2.75, 3.05) is 5.75 Å². The average molecular weight is 399 g/mol. The molecule has 4 nitrogen and oxygen atoms in total. The summed E-state index contributed by atoms with van der Waals surface area (Å²) in [6.45, 7) is 3.86. The maximum absolute atomic E-state index is 13.5. The van der Waals surface area contributed by atoms with Crippen molar-refractivity contribution >= 4 is 39.1 Å². The summed E-state index contributed by atoms with van der Waals surface area (Å²) in [7, 11) is 0. The van der Waals surface area contributed by atoms with E-state index < -0.39 is 0 Å². The van der Waals surface area contributed by atoms with Crippen molar-refractivity contribution in [1.29, 1.82) is 0 Å². The van der Waals surface area contributed by atoms with Gasteiger partial charge in [-0.15, -0.1) is 11.3 Å². The van der Waals surface area contributed by atoms with Crippen LogP contribution in [-0.4, -0.2) is 21.1 Å². The Morgan fingerprint density at radius 1 is 1.33 bits per heavy atom. The molecule has 0 saturated carbocycles. The largest absolute Gasteiger partial charge is 0.300 e. The highest BCUT2D eigenvalue weighted by Gasteiger charge is 2.25. The number of aryl methyl sites for hydroxylation is 1. The molecule has 6 heteroatoms. The van der Waals surface area contributed by atoms with Gasteiger partial charge in [0, 0.05) is 17.1 Å². The number of para-hydroxylation sites is 1. The number of benzene rings is 1. The molecule has 140 valence electrons. The Bertz CT molecular complexity index is 1050. The summed E-state index contributed by atoms with van der Waals surface area (Å²) in [5.74, 6) is 1.44. The van der Waals surface area contributed by atoms with Crippen LogP contribution in [-0.2, 0) is 17.6 Å². The molecule has 2 aromatic heterocycles. The van der Waals surface area contributed by atoms with Gasteiger partial charge < -0.3 is 0 Å². The van der Waals surface area contributed by atoms with E-state index in [0.29, 0.717) is 23.2 Å². The highest BCUT2D eigenvalue weighted by molar-refractivity contribution is 7.99. The fourth-order valence-electron chi connectivity index (χ4n) is 3.56. The third-order valence-electron chi connectivity index (χ3n) is 5.00. The highest BCUT2D eigenvalue weighted by atomic mass is 32.2. The number of thioether (sulfide) groups is 1. The fourth-order valence-corrected chi connectivity index (χ4v) is 6.04. The highest BCUT2D eigenvalue weighted by Crippen LogP contribution is 2.37. The third-order valence-corrected chi connectivity index (χ3v) is 7.09. The number of thiophene rings is 1. The van der Waals surface area contributed by atoms with Gasteiger partial charge in [0.1, 0.15) is 10.6 Å². The van der Waals surface area contributed by atoms with Gasteiger partial charge in [0.15, 0.2) is 5.16 Å². The molecule has 0 fully saturated rings. The van der Waals surface area contributed by atoms with Crippen LogP contribution < -0.4 is 5.56 Å². The Morgan fingerprint density at radius 3 is 2.85 bits per heavy atom. The SMILES string of the molecule is CC(=O)CCSc1nc2sc3c(c2c(=O)n1-c1ccccc1)CCC(C)C3. The van der Waals surface area contributed by atoms with Crippen LogP contribution in [0.4, 0.5) is 0 Å². The van der Waals surface area contributed by atoms with Gasteiger partial charge in [-0.1, -0.05) is 36.9 Å². The maximum Gasteiger partial charge on any atom is 0.267 e. The number of carbonyl (C=O) groups excluding carboxylic acids is 1. The summed E-state index contributed by atoms with van der Waals surface area (Å²) >= 11 is 3.15. The zero-order chi connectivity index (χ0) is 19.0. The van der Waals surface area contributed by atoms with Crippen molar-refractivity contribution in [3.8, 4) is 5.69 Å². The summed E-state index contributed by atoms with van der Waals surface area (Å²) in [5, 5.41) is 1.47. The number of aromatic nitrogens is 2. The molecule has 0 radical (unpaired) electrons. The van der Waals surface area contributed by atoms with Crippen LogP contribution in [0.2, 0.25) is 0 Å². The third kappa shape index (κ3) is 3.60. The molecule has 4 rings (SSSR count). The van der Waals surface area contributed by atoms with E-state index in [9.17, 15) is 9.59 Å². The molecule has 0 aliphatic heterocycles. The van der Waals surface area contributed by atoms with Crippen molar-refractivity contribution in [2.45, 2.75) is 44.7 Å². The van der Waals surface area contributed by atoms with Crippen LogP contribution in [0.3, 0.4) is 0 Å². The lowest BCUT2D eigenvalue weighted by Gasteiger charge is -2.17. The van der Waals surface area contributed by atoms with Gasteiger partial charge in [-0.25, -0.2) is 4.98 Å². The van der Waals surface area contributed by atoms with Crippen molar-refractivity contribution in [3.63, 3.8) is 0 Å². The Hall–Kier alpha value is -1.92. The molecule has 0 spiro atoms. The number of ketones is 1. The van der Waals surface area contributed by atoms with E-state index in [2.05, 4.69) is 6.92 Å². The molecule has 2 heterocycles. The molecule has 1 aliphatic carbocycles. The minimum absolute atomic E-state index is 0.0172. The average Bonchev–Trinajstić information content (AvgIpc) is 2.99. The monoisotopic (exact) mass is 398 g/mol. The number of fused-ring (bicyclic) bond motifs is 3. The Balaban J connectivity index is 1.89. The van der Waals surface area contributed by atoms with E-state index in [1.165, 1.54) is 22.2 Å². The molecule has 1 atom stereocenters. The van der Waals surface area contributed by atoms with E-state index >= 15 is 0 Å². The normalized spacial score (nSPS) is 16.4. The van der Waals surface area contributed by atoms with Gasteiger partial charge in [0.2, 0.25) is 0 Å². The molecule has 0 bridgehead atoms. The Morgan fingerprint density at radius 2 is 2.11 bits per heavy atom. The first kappa shape index (κ1) is 18.4. The van der Waals surface area contributed by atoms with Crippen LogP contribution in [0.5, 0.6) is 0 Å². The fraction of sp³-hybridized carbons (Fsp3) is 0.381. The minimum Gasteiger partial charge on any atom is -0.300 e. The first-order valence-electron chi connectivity index (χ1n) is 9.29. The number of Topliss-reactive ketones (excluding diaryl/α,β-unsaturated/α-hetero) is 1. The van der Waals surface area contributed by atoms with Gasteiger partial charge in [0.25, 0.3) is 5.56 Å². The number of carbonyl (C=O) groups is 1. The number of nitrogens with zero attached hydrogens (tertiary/aromatic N) is 2. The van der Waals surface area contributed by atoms with Gasteiger partial charge in [-0.3, -0.25) is 14.2 Å². The molecule has 27 heavy (non-hydrogen) atoms. The number of rotatable bonds is 5. The quantitative estimate of drug-likeness (QED) is 0.464. The van der Waals surface area contributed by atoms with Gasteiger partial charge in [0.05, 0.1) is 11.1 Å². The van der Waals surface area contributed by atoms with E-state index in [0.717, 1.165) is 35.2 Å². The van der Waals surface area contributed by atoms with Crippen molar-refractivity contribution in [2.24, 2.45) is 5.92 Å². The molecule has 0 N–H and O–H groups in total. The smallest absolute Gasteiger partial charge is 0.267 e. The van der Waals surface area contributed by atoms with Gasteiger partial charge >= 0.3 is 0 Å². The van der Waals surface area contributed by atoms with Crippen LogP contribution in [0, 0.1) is 5.92 Å². The van der Waals surface area contributed by atoms with Crippen LogP contribution in [0.1, 0.15) is 37.1 Å². The number of hydrogen-bond donors (Lipinski definition) is 0. The summed E-state index contributed by atoms with van der Waals surface area (Å²) in [5.41, 5.74) is 2.05. The van der Waals surface area contributed by atoms with E-state index in [1.54, 1.807) is 22.8 Å². The van der Waals surface area contributed by atoms with Crippen LogP contribution in [0.15, 0.2) is 40.3 Å². The second-order valence-corrected chi connectivity index (χ2v) is 9.35. The van der Waals surface area contributed by atoms with Crippen LogP contribution >= 0.6 is 23.1 Å². The summed E-state index contributed by atoms with van der Waals surface area (Å²) in [6.07, 6.45) is 3.59. The summed E-state index contributed by atoms with van der Waals surface area (Å²) < 4.78 is 1.72. The lowest BCUT2D eigenvalue weighted by molar-refractivity contribution is -0.116. The van der Waals surface area contributed by atoms with E-state index in [4.69, 9.17) is 4.98 Å². The van der Waals surface area contributed by atoms with Crippen molar-refractivity contribution in [1.82, 2.24) is 9.55 Å². The maximum atomic E-state index is 13.5. The molecule has 1 unspecified atom stereocenters. The summed E-state index contributed by atoms with van der Waals surface area (Å²) in [6, 6.07) is 9.67. The second-order valence-electron chi connectivity index (χ2n) is 7.20. The zero-order valence-corrected chi connectivity index (χ0v) is 17.2. The molecule has 1 aromatic carbocycles. The van der Waals surface area contributed by atoms with Gasteiger partial charge in [-0.2, -0.15) is 0 Å². The molecular weight excluding hydrogens is 376 g/mol. The van der Waals surface area contributed by atoms with Gasteiger partial charge in [-0.05, 0) is 49.8 Å². The predicted molar refractivity (Wildman–Crippen MR) is 112 cm³/mol. The lowest BCUT2D eigenvalue weighted by Crippen LogP contribution is -2.22. The topological polar surface area (TPSA) is 52.0 Å². The van der Waals surface area contributed by atoms with Crippen molar-refractivity contribution in [3.05, 3.63) is 51.1 Å². The summed E-state index contributed by atoms with van der Waals surface area (Å²) in [4.78, 5) is 31.9. The van der Waals surface area contributed by atoms with E-state index in [1.807, 2.05) is 30.3 Å². The second kappa shape index (κ2) is 7.60. The number of hydrogen-bond acceptors (Lipinski definition) is 5. The molecular formula is C21H22N2O2S2. The molecule has 0 saturated heterocycles. The zero-order valence-electron chi connectivity index (χ0n) is 15.5. The first-order valence-corrected chi connectivity index (χ1v) is 11.1. The minimum atomic E-state index is 0.0172. The Labute approximate surface area is 166 Å². The standard InChI is InChI=1S/C21H22N2O2S2/c1-13-8-9-16-17(12-13)27-19-18(16)20(25)23(15-6-4-3-5-7-15)21(22-19)26-11-10-14(2)24/h3-7,13H,8-12H2,1-2H3. The predicted octanol–water partition coefficient (Wildman–Crippen LogP) is 4.64. The lowest BCUT2D eigenvalue weighted by atomic mass is 9.89. The molecule has 1 aliphatic rings.